The van der Waals surface area contributed by atoms with E-state index in [-0.39, 0.29) is 5.76 Å². The van der Waals surface area contributed by atoms with Crippen molar-refractivity contribution in [1.82, 2.24) is 4.98 Å². The molecule has 0 radical (unpaired) electrons. The Kier molecular flexibility index (Phi) is 4.02. The van der Waals surface area contributed by atoms with E-state index in [1.165, 1.54) is 12.3 Å². The molecular weight excluding hydrogens is 360 g/mol. The molecule has 0 aliphatic carbocycles. The van der Waals surface area contributed by atoms with E-state index in [1.807, 2.05) is 6.07 Å². The molecule has 2 aromatic carbocycles. The first-order valence-corrected chi connectivity index (χ1v) is 7.61. The fourth-order valence-corrected chi connectivity index (χ4v) is 2.83. The first-order chi connectivity index (χ1) is 11.0. The summed E-state index contributed by atoms with van der Waals surface area (Å²) < 4.78 is 5.90. The normalized spacial score (nSPS) is 13.5. The van der Waals surface area contributed by atoms with Crippen molar-refractivity contribution in [3.8, 4) is 0 Å². The molecular formula is C17H13BrN2O3. The van der Waals surface area contributed by atoms with Crippen molar-refractivity contribution in [2.45, 2.75) is 5.60 Å². The first-order valence-electron chi connectivity index (χ1n) is 6.82. The van der Waals surface area contributed by atoms with Crippen LogP contribution in [0, 0.1) is 0 Å². The topological polar surface area (TPSA) is 89.4 Å². The summed E-state index contributed by atoms with van der Waals surface area (Å²) in [5, 5.41) is 11.5. The van der Waals surface area contributed by atoms with Gasteiger partial charge >= 0.3 is 5.76 Å². The third-order valence-corrected chi connectivity index (χ3v) is 4.05. The van der Waals surface area contributed by atoms with Gasteiger partial charge in [-0.2, -0.15) is 4.98 Å². The van der Waals surface area contributed by atoms with Crippen LogP contribution in [0.5, 0.6) is 0 Å². The molecule has 3 aromatic rings. The minimum Gasteiger partial charge on any atom is -0.409 e. The Bertz CT molecular complexity index is 896. The predicted molar refractivity (Wildman–Crippen MR) is 89.9 cm³/mol. The summed E-state index contributed by atoms with van der Waals surface area (Å²) in [4.78, 5) is 15.0. The zero-order valence-electron chi connectivity index (χ0n) is 11.9. The molecule has 6 heteroatoms. The number of hydrogen-bond acceptors (Lipinski definition) is 5. The van der Waals surface area contributed by atoms with E-state index in [0.29, 0.717) is 16.8 Å². The van der Waals surface area contributed by atoms with Gasteiger partial charge in [-0.3, -0.25) is 0 Å². The van der Waals surface area contributed by atoms with Gasteiger partial charge in [-0.05, 0) is 29.8 Å². The van der Waals surface area contributed by atoms with Gasteiger partial charge in [-0.25, -0.2) is 4.79 Å². The number of nitrogens with two attached hydrogens (primary N) is 1. The summed E-state index contributed by atoms with van der Waals surface area (Å²) >= 11 is 3.38. The summed E-state index contributed by atoms with van der Waals surface area (Å²) in [5.41, 5.74) is 5.67. The molecule has 0 fully saturated rings. The molecule has 0 amide bonds. The molecule has 116 valence electrons. The highest BCUT2D eigenvalue weighted by Crippen LogP contribution is 2.39. The van der Waals surface area contributed by atoms with Gasteiger partial charge in [0.1, 0.15) is 0 Å². The fourth-order valence-electron chi connectivity index (χ4n) is 2.47. The van der Waals surface area contributed by atoms with Gasteiger partial charge in [0.2, 0.25) is 0 Å². The molecule has 0 saturated heterocycles. The largest absolute Gasteiger partial charge is 0.438 e. The van der Waals surface area contributed by atoms with E-state index in [9.17, 15) is 9.90 Å². The second-order valence-electron chi connectivity index (χ2n) is 4.99. The lowest BCUT2D eigenvalue weighted by Crippen LogP contribution is -2.31. The number of hydrogen-bond donors (Lipinski definition) is 2. The van der Waals surface area contributed by atoms with E-state index < -0.39 is 11.4 Å². The third kappa shape index (κ3) is 2.78. The third-order valence-electron chi connectivity index (χ3n) is 3.56. The Morgan fingerprint density at radius 2 is 1.87 bits per heavy atom. The van der Waals surface area contributed by atoms with Crippen LogP contribution in [-0.2, 0) is 5.60 Å². The number of anilines is 1. The van der Waals surface area contributed by atoms with Gasteiger partial charge in [0.25, 0.3) is 0 Å². The summed E-state index contributed by atoms with van der Waals surface area (Å²) in [6.07, 6.45) is 1.29. The van der Waals surface area contributed by atoms with Crippen molar-refractivity contribution in [1.29, 1.82) is 0 Å². The minimum atomic E-state index is -1.71. The number of benzene rings is 2. The second-order valence-corrected chi connectivity index (χ2v) is 5.90. The van der Waals surface area contributed by atoms with Gasteiger partial charge in [0, 0.05) is 21.9 Å². The van der Waals surface area contributed by atoms with Gasteiger partial charge < -0.3 is 15.3 Å². The van der Waals surface area contributed by atoms with Crippen LogP contribution in [0.4, 0.5) is 5.69 Å². The molecule has 5 nitrogen and oxygen atoms in total. The standard InChI is InChI=1S/C17H13BrN2O3/c18-12-6-7-14(19)13(10-12)17(22,11-4-2-1-3-5-11)15-8-9-20-16(21)23-15/h1-10,22H,19H2. The molecule has 1 heterocycles. The molecule has 3 N–H and O–H groups in total. The highest BCUT2D eigenvalue weighted by Gasteiger charge is 2.38. The summed E-state index contributed by atoms with van der Waals surface area (Å²) in [7, 11) is 0. The smallest absolute Gasteiger partial charge is 0.409 e. The molecule has 1 aromatic heterocycles. The molecule has 1 atom stereocenters. The Labute approximate surface area is 140 Å². The van der Waals surface area contributed by atoms with Crippen LogP contribution < -0.4 is 11.5 Å². The van der Waals surface area contributed by atoms with E-state index >= 15 is 0 Å². The van der Waals surface area contributed by atoms with E-state index in [0.717, 1.165) is 4.47 Å². The maximum absolute atomic E-state index is 11.5. The predicted octanol–water partition coefficient (Wildman–Crippen LogP) is 2.66. The summed E-state index contributed by atoms with van der Waals surface area (Å²) in [5.74, 6) is -0.737. The fraction of sp³-hybridized carbons (Fsp3) is 0.0588. The van der Waals surface area contributed by atoms with Gasteiger partial charge in [0.15, 0.2) is 11.4 Å². The van der Waals surface area contributed by atoms with Crippen LogP contribution in [0.25, 0.3) is 0 Å². The number of halogens is 1. The number of rotatable bonds is 3. The highest BCUT2D eigenvalue weighted by atomic mass is 79.9. The summed E-state index contributed by atoms with van der Waals surface area (Å²) in [6, 6.07) is 15.5. The zero-order chi connectivity index (χ0) is 16.4. The Hall–Kier alpha value is -2.44. The highest BCUT2D eigenvalue weighted by molar-refractivity contribution is 9.10. The number of nitrogen functional groups attached to an aromatic ring is 1. The molecule has 1 unspecified atom stereocenters. The summed E-state index contributed by atoms with van der Waals surface area (Å²) in [6.45, 7) is 0. The lowest BCUT2D eigenvalue weighted by atomic mass is 9.83. The molecule has 0 aliphatic rings. The average Bonchev–Trinajstić information content (AvgIpc) is 2.57. The lowest BCUT2D eigenvalue weighted by Gasteiger charge is -2.29. The average molecular weight is 373 g/mol. The van der Waals surface area contributed by atoms with Crippen molar-refractivity contribution in [2.75, 3.05) is 5.73 Å². The van der Waals surface area contributed by atoms with Gasteiger partial charge in [-0.15, -0.1) is 0 Å². The molecule has 0 bridgehead atoms. The van der Waals surface area contributed by atoms with Gasteiger partial charge in [-0.1, -0.05) is 46.3 Å². The maximum atomic E-state index is 11.5. The molecule has 23 heavy (non-hydrogen) atoms. The van der Waals surface area contributed by atoms with Crippen LogP contribution in [0.1, 0.15) is 16.9 Å². The lowest BCUT2D eigenvalue weighted by molar-refractivity contribution is 0.0942. The Balaban J connectivity index is 2.35. The van der Waals surface area contributed by atoms with Crippen molar-refractivity contribution in [3.05, 3.63) is 92.7 Å². The minimum absolute atomic E-state index is 0.0495. The quantitative estimate of drug-likeness (QED) is 0.689. The maximum Gasteiger partial charge on any atom is 0.438 e. The number of aromatic nitrogens is 1. The molecule has 0 aliphatic heterocycles. The molecule has 3 rings (SSSR count). The van der Waals surface area contributed by atoms with E-state index in [2.05, 4.69) is 20.9 Å². The Morgan fingerprint density at radius 3 is 2.57 bits per heavy atom. The van der Waals surface area contributed by atoms with Crippen LogP contribution in [0.3, 0.4) is 0 Å². The first kappa shape index (κ1) is 15.5. The van der Waals surface area contributed by atoms with Crippen LogP contribution in [-0.4, -0.2) is 10.1 Å². The SMILES string of the molecule is Nc1ccc(Br)cc1C(O)(c1ccccc1)c1ccnc(=O)o1. The molecule has 0 saturated carbocycles. The van der Waals surface area contributed by atoms with Crippen molar-refractivity contribution in [2.24, 2.45) is 0 Å². The van der Waals surface area contributed by atoms with Gasteiger partial charge in [0.05, 0.1) is 0 Å². The van der Waals surface area contributed by atoms with Crippen LogP contribution in [0.15, 0.2) is 74.5 Å². The number of nitrogens with zero attached hydrogens (tertiary/aromatic N) is 1. The number of aliphatic hydroxyl groups is 1. The van der Waals surface area contributed by atoms with Crippen LogP contribution in [0.2, 0.25) is 0 Å². The van der Waals surface area contributed by atoms with E-state index in [1.54, 1.807) is 42.5 Å². The Morgan fingerprint density at radius 1 is 1.13 bits per heavy atom. The monoisotopic (exact) mass is 372 g/mol. The molecule has 0 spiro atoms. The zero-order valence-corrected chi connectivity index (χ0v) is 13.5. The van der Waals surface area contributed by atoms with Crippen molar-refractivity contribution < 1.29 is 9.52 Å². The van der Waals surface area contributed by atoms with E-state index in [4.69, 9.17) is 10.2 Å². The van der Waals surface area contributed by atoms with Crippen molar-refractivity contribution >= 4 is 21.6 Å². The van der Waals surface area contributed by atoms with Crippen molar-refractivity contribution in [3.63, 3.8) is 0 Å². The second kappa shape index (κ2) is 5.98. The van der Waals surface area contributed by atoms with Crippen LogP contribution >= 0.6 is 15.9 Å².